The van der Waals surface area contributed by atoms with Crippen molar-refractivity contribution in [2.45, 2.75) is 19.9 Å². The maximum atomic E-state index is 11.4. The highest BCUT2D eigenvalue weighted by Gasteiger charge is 2.18. The Morgan fingerprint density at radius 3 is 2.35 bits per heavy atom. The third kappa shape index (κ3) is 2.09. The molecule has 0 bridgehead atoms. The Morgan fingerprint density at radius 2 is 1.82 bits per heavy atom. The Morgan fingerprint density at radius 1 is 1.18 bits per heavy atom. The van der Waals surface area contributed by atoms with Gasteiger partial charge in [-0.3, -0.25) is 0 Å². The second kappa shape index (κ2) is 4.45. The van der Waals surface area contributed by atoms with Crippen LogP contribution in [0.5, 0.6) is 0 Å². The van der Waals surface area contributed by atoms with Crippen LogP contribution >= 0.6 is 0 Å². The van der Waals surface area contributed by atoms with Crippen molar-refractivity contribution in [3.8, 4) is 11.1 Å². The molecule has 0 saturated carbocycles. The molecule has 0 atom stereocenters. The third-order valence-electron chi connectivity index (χ3n) is 2.76. The van der Waals surface area contributed by atoms with Crippen LogP contribution in [0.1, 0.15) is 30.4 Å². The molecule has 0 spiro atoms. The molecule has 0 aliphatic carbocycles. The lowest BCUT2D eigenvalue weighted by Gasteiger charge is -2.11. The predicted octanol–water partition coefficient (Wildman–Crippen LogP) is 3.43. The molecule has 1 N–H and O–H groups in total. The molecule has 0 aliphatic heterocycles. The van der Waals surface area contributed by atoms with Crippen molar-refractivity contribution in [1.29, 1.82) is 0 Å². The zero-order valence-corrected chi connectivity index (χ0v) is 9.92. The summed E-state index contributed by atoms with van der Waals surface area (Å²) in [7, 11) is 0. The SMILES string of the molecule is CC(C)n1ccc(-c2ccccc2)c1C(=O)O. The molecule has 0 fully saturated rings. The summed E-state index contributed by atoms with van der Waals surface area (Å²) in [6.07, 6.45) is 1.83. The minimum absolute atomic E-state index is 0.138. The first-order chi connectivity index (χ1) is 8.11. The van der Waals surface area contributed by atoms with Gasteiger partial charge in [0.15, 0.2) is 0 Å². The fourth-order valence-corrected chi connectivity index (χ4v) is 1.95. The highest BCUT2D eigenvalue weighted by molar-refractivity contribution is 5.94. The van der Waals surface area contributed by atoms with Crippen molar-refractivity contribution in [2.24, 2.45) is 0 Å². The molecule has 2 aromatic rings. The molecule has 1 aromatic heterocycles. The molecule has 3 nitrogen and oxygen atoms in total. The lowest BCUT2D eigenvalue weighted by atomic mass is 10.1. The van der Waals surface area contributed by atoms with Crippen molar-refractivity contribution >= 4 is 5.97 Å². The van der Waals surface area contributed by atoms with Crippen LogP contribution in [0.3, 0.4) is 0 Å². The topological polar surface area (TPSA) is 42.2 Å². The van der Waals surface area contributed by atoms with Crippen molar-refractivity contribution in [3.63, 3.8) is 0 Å². The average molecular weight is 229 g/mol. The molecule has 0 aliphatic rings. The van der Waals surface area contributed by atoms with Crippen molar-refractivity contribution in [3.05, 3.63) is 48.3 Å². The molecular weight excluding hydrogens is 214 g/mol. The summed E-state index contributed by atoms with van der Waals surface area (Å²) in [4.78, 5) is 11.4. The van der Waals surface area contributed by atoms with Gasteiger partial charge >= 0.3 is 5.97 Å². The number of carbonyl (C=O) groups is 1. The lowest BCUT2D eigenvalue weighted by Crippen LogP contribution is -2.10. The summed E-state index contributed by atoms with van der Waals surface area (Å²) in [5, 5.41) is 9.32. The Bertz CT molecular complexity index is 526. The highest BCUT2D eigenvalue weighted by Crippen LogP contribution is 2.26. The van der Waals surface area contributed by atoms with E-state index in [2.05, 4.69) is 0 Å². The van der Waals surface area contributed by atoms with Gasteiger partial charge in [-0.1, -0.05) is 30.3 Å². The van der Waals surface area contributed by atoms with E-state index in [-0.39, 0.29) is 6.04 Å². The summed E-state index contributed by atoms with van der Waals surface area (Å²) >= 11 is 0. The fraction of sp³-hybridized carbons (Fsp3) is 0.214. The second-order valence-corrected chi connectivity index (χ2v) is 4.25. The van der Waals surface area contributed by atoms with Crippen LogP contribution in [-0.2, 0) is 0 Å². The van der Waals surface area contributed by atoms with Gasteiger partial charge in [0.2, 0.25) is 0 Å². The van der Waals surface area contributed by atoms with Gasteiger partial charge in [-0.25, -0.2) is 4.79 Å². The average Bonchev–Trinajstić information content (AvgIpc) is 2.74. The molecule has 0 unspecified atom stereocenters. The monoisotopic (exact) mass is 229 g/mol. The van der Waals surface area contributed by atoms with Gasteiger partial charge in [-0.15, -0.1) is 0 Å². The normalized spacial score (nSPS) is 10.8. The van der Waals surface area contributed by atoms with Gasteiger partial charge in [0, 0.05) is 17.8 Å². The maximum absolute atomic E-state index is 11.4. The van der Waals surface area contributed by atoms with Gasteiger partial charge in [0.25, 0.3) is 0 Å². The molecule has 0 amide bonds. The summed E-state index contributed by atoms with van der Waals surface area (Å²) in [6.45, 7) is 3.95. The number of carboxylic acids is 1. The number of benzene rings is 1. The Balaban J connectivity index is 2.60. The van der Waals surface area contributed by atoms with Gasteiger partial charge in [0.1, 0.15) is 5.69 Å². The summed E-state index contributed by atoms with van der Waals surface area (Å²) in [5.74, 6) is -0.887. The number of nitrogens with zero attached hydrogens (tertiary/aromatic N) is 1. The first-order valence-corrected chi connectivity index (χ1v) is 5.61. The molecule has 17 heavy (non-hydrogen) atoms. The van der Waals surface area contributed by atoms with Crippen LogP contribution in [0.2, 0.25) is 0 Å². The van der Waals surface area contributed by atoms with Crippen molar-refractivity contribution < 1.29 is 9.90 Å². The molecule has 2 rings (SSSR count). The van der Waals surface area contributed by atoms with Gasteiger partial charge in [-0.05, 0) is 25.5 Å². The van der Waals surface area contributed by atoms with E-state index >= 15 is 0 Å². The van der Waals surface area contributed by atoms with E-state index in [1.807, 2.05) is 56.4 Å². The summed E-state index contributed by atoms with van der Waals surface area (Å²) in [5.41, 5.74) is 2.06. The van der Waals surface area contributed by atoms with E-state index in [0.717, 1.165) is 11.1 Å². The van der Waals surface area contributed by atoms with Crippen molar-refractivity contribution in [2.75, 3.05) is 0 Å². The van der Waals surface area contributed by atoms with Gasteiger partial charge < -0.3 is 9.67 Å². The van der Waals surface area contributed by atoms with E-state index < -0.39 is 5.97 Å². The first-order valence-electron chi connectivity index (χ1n) is 5.61. The van der Waals surface area contributed by atoms with Crippen molar-refractivity contribution in [1.82, 2.24) is 4.57 Å². The lowest BCUT2D eigenvalue weighted by molar-refractivity contribution is 0.0684. The van der Waals surface area contributed by atoms with Crippen LogP contribution in [0, 0.1) is 0 Å². The minimum atomic E-state index is -0.887. The molecule has 1 heterocycles. The van der Waals surface area contributed by atoms with Gasteiger partial charge in [-0.2, -0.15) is 0 Å². The number of aromatic carboxylic acids is 1. The number of hydrogen-bond donors (Lipinski definition) is 1. The predicted molar refractivity (Wildman–Crippen MR) is 67.2 cm³/mol. The molecule has 0 saturated heterocycles. The second-order valence-electron chi connectivity index (χ2n) is 4.25. The standard InChI is InChI=1S/C14H15NO2/c1-10(2)15-9-8-12(13(15)14(16)17)11-6-4-3-5-7-11/h3-10H,1-2H3,(H,16,17). The third-order valence-corrected chi connectivity index (χ3v) is 2.76. The Labute approximate surface area is 100 Å². The largest absolute Gasteiger partial charge is 0.477 e. The fourth-order valence-electron chi connectivity index (χ4n) is 1.95. The number of hydrogen-bond acceptors (Lipinski definition) is 1. The smallest absolute Gasteiger partial charge is 0.353 e. The van der Waals surface area contributed by atoms with E-state index in [0.29, 0.717) is 5.69 Å². The Hall–Kier alpha value is -2.03. The van der Waals surface area contributed by atoms with Crippen LogP contribution in [0.25, 0.3) is 11.1 Å². The molecular formula is C14H15NO2. The van der Waals surface area contributed by atoms with Crippen LogP contribution in [0.4, 0.5) is 0 Å². The quantitative estimate of drug-likeness (QED) is 0.876. The van der Waals surface area contributed by atoms with E-state index in [9.17, 15) is 9.90 Å². The number of rotatable bonds is 3. The zero-order valence-electron chi connectivity index (χ0n) is 9.92. The van der Waals surface area contributed by atoms with Crippen LogP contribution in [-0.4, -0.2) is 15.6 Å². The van der Waals surface area contributed by atoms with E-state index in [1.54, 1.807) is 4.57 Å². The molecule has 1 aromatic carbocycles. The highest BCUT2D eigenvalue weighted by atomic mass is 16.4. The summed E-state index contributed by atoms with van der Waals surface area (Å²) in [6, 6.07) is 11.6. The zero-order chi connectivity index (χ0) is 12.4. The Kier molecular flexibility index (Phi) is 3.00. The summed E-state index contributed by atoms with van der Waals surface area (Å²) < 4.78 is 1.78. The maximum Gasteiger partial charge on any atom is 0.353 e. The van der Waals surface area contributed by atoms with Crippen LogP contribution < -0.4 is 0 Å². The molecule has 0 radical (unpaired) electrons. The van der Waals surface area contributed by atoms with Gasteiger partial charge in [0.05, 0.1) is 0 Å². The van der Waals surface area contributed by atoms with Crippen LogP contribution in [0.15, 0.2) is 42.6 Å². The minimum Gasteiger partial charge on any atom is -0.477 e. The van der Waals surface area contributed by atoms with E-state index in [4.69, 9.17) is 0 Å². The number of carboxylic acid groups (broad SMARTS) is 1. The molecule has 3 heteroatoms. The van der Waals surface area contributed by atoms with E-state index in [1.165, 1.54) is 0 Å². The number of aromatic nitrogens is 1. The molecule has 88 valence electrons. The first kappa shape index (κ1) is 11.5.